The summed E-state index contributed by atoms with van der Waals surface area (Å²) in [6.07, 6.45) is -0.291. The van der Waals surface area contributed by atoms with E-state index in [9.17, 15) is 5.11 Å². The van der Waals surface area contributed by atoms with Crippen LogP contribution in [-0.4, -0.2) is 63.4 Å². The Kier molecular flexibility index (Phi) is 5.28. The molecule has 1 aromatic heterocycles. The van der Waals surface area contributed by atoms with Crippen molar-refractivity contribution in [1.82, 2.24) is 20.0 Å². The van der Waals surface area contributed by atoms with Crippen LogP contribution in [0.25, 0.3) is 11.5 Å². The van der Waals surface area contributed by atoms with Crippen LogP contribution in [0.1, 0.15) is 32.7 Å². The molecule has 3 atom stereocenters. The van der Waals surface area contributed by atoms with E-state index in [0.717, 1.165) is 31.7 Å². The number of aromatic nitrogens is 2. The molecule has 6 heteroatoms. The Hall–Kier alpha value is -1.76. The van der Waals surface area contributed by atoms with Gasteiger partial charge >= 0.3 is 0 Å². The lowest BCUT2D eigenvalue weighted by molar-refractivity contribution is 0.0257. The molecule has 1 fully saturated rings. The molecule has 1 aromatic carbocycles. The van der Waals surface area contributed by atoms with Gasteiger partial charge in [-0.15, -0.1) is 10.2 Å². The van der Waals surface area contributed by atoms with Crippen molar-refractivity contribution in [3.8, 4) is 11.5 Å². The topological polar surface area (TPSA) is 65.6 Å². The predicted molar refractivity (Wildman–Crippen MR) is 92.4 cm³/mol. The lowest BCUT2D eigenvalue weighted by atomic mass is 10.1. The van der Waals surface area contributed by atoms with E-state index in [1.807, 2.05) is 37.3 Å². The standard InChI is InChI=1S/C18H26N4O2/c1-13-11-22(10-9-21(13)12-14(2)23)15(3)17-19-20-18(24-17)16-7-5-4-6-8-16/h4-8,13-15,23H,9-12H2,1-3H3/t13-,14-,15+/m0/s1. The van der Waals surface area contributed by atoms with Crippen LogP contribution in [0.4, 0.5) is 0 Å². The fourth-order valence-corrected chi connectivity index (χ4v) is 3.24. The van der Waals surface area contributed by atoms with Crippen LogP contribution < -0.4 is 0 Å². The van der Waals surface area contributed by atoms with E-state index in [1.54, 1.807) is 0 Å². The number of aliphatic hydroxyl groups excluding tert-OH is 1. The summed E-state index contributed by atoms with van der Waals surface area (Å²) >= 11 is 0. The van der Waals surface area contributed by atoms with Gasteiger partial charge in [-0.1, -0.05) is 18.2 Å². The molecule has 1 N–H and O–H groups in total. The molecule has 1 aliphatic heterocycles. The van der Waals surface area contributed by atoms with Crippen molar-refractivity contribution in [3.63, 3.8) is 0 Å². The molecule has 0 spiro atoms. The smallest absolute Gasteiger partial charge is 0.247 e. The van der Waals surface area contributed by atoms with E-state index < -0.39 is 0 Å². The van der Waals surface area contributed by atoms with E-state index in [-0.39, 0.29) is 12.1 Å². The van der Waals surface area contributed by atoms with Gasteiger partial charge in [0.15, 0.2) is 0 Å². The van der Waals surface area contributed by atoms with E-state index in [4.69, 9.17) is 4.42 Å². The van der Waals surface area contributed by atoms with Gasteiger partial charge in [0.05, 0.1) is 12.1 Å². The Labute approximate surface area is 143 Å². The maximum absolute atomic E-state index is 9.60. The molecule has 3 rings (SSSR count). The van der Waals surface area contributed by atoms with Crippen LogP contribution in [0.3, 0.4) is 0 Å². The van der Waals surface area contributed by atoms with E-state index in [1.165, 1.54) is 0 Å². The van der Waals surface area contributed by atoms with Crippen molar-refractivity contribution in [3.05, 3.63) is 36.2 Å². The second-order valence-corrected chi connectivity index (χ2v) is 6.68. The fourth-order valence-electron chi connectivity index (χ4n) is 3.24. The molecular formula is C18H26N4O2. The third kappa shape index (κ3) is 3.83. The molecule has 0 amide bonds. The Bertz CT molecular complexity index is 643. The number of β-amino-alcohol motifs (C(OH)–C–C–N with tert-alkyl or cyclic N) is 1. The molecule has 0 saturated carbocycles. The zero-order chi connectivity index (χ0) is 17.1. The molecule has 0 unspecified atom stereocenters. The second kappa shape index (κ2) is 7.42. The molecule has 1 aliphatic rings. The summed E-state index contributed by atoms with van der Waals surface area (Å²) in [4.78, 5) is 4.70. The lowest BCUT2D eigenvalue weighted by Crippen LogP contribution is -2.53. The van der Waals surface area contributed by atoms with Crippen molar-refractivity contribution in [2.24, 2.45) is 0 Å². The Morgan fingerprint density at radius 1 is 1.21 bits per heavy atom. The molecule has 0 radical (unpaired) electrons. The summed E-state index contributed by atoms with van der Waals surface area (Å²) in [6, 6.07) is 10.3. The molecule has 1 saturated heterocycles. The summed E-state index contributed by atoms with van der Waals surface area (Å²) in [5.41, 5.74) is 0.943. The summed E-state index contributed by atoms with van der Waals surface area (Å²) in [5.74, 6) is 1.23. The molecule has 0 aliphatic carbocycles. The van der Waals surface area contributed by atoms with Crippen LogP contribution in [0.15, 0.2) is 34.7 Å². The van der Waals surface area contributed by atoms with Gasteiger partial charge in [0, 0.05) is 37.8 Å². The first kappa shape index (κ1) is 17.1. The molecule has 130 valence electrons. The van der Waals surface area contributed by atoms with Crippen molar-refractivity contribution in [1.29, 1.82) is 0 Å². The molecular weight excluding hydrogens is 304 g/mol. The largest absolute Gasteiger partial charge is 0.419 e. The van der Waals surface area contributed by atoms with Crippen LogP contribution in [-0.2, 0) is 0 Å². The third-order valence-corrected chi connectivity index (χ3v) is 4.66. The number of hydrogen-bond acceptors (Lipinski definition) is 6. The molecule has 2 heterocycles. The van der Waals surface area contributed by atoms with E-state index in [2.05, 4.69) is 33.8 Å². The maximum atomic E-state index is 9.60. The maximum Gasteiger partial charge on any atom is 0.247 e. The number of benzene rings is 1. The average Bonchev–Trinajstić information content (AvgIpc) is 3.06. The predicted octanol–water partition coefficient (Wildman–Crippen LogP) is 2.18. The van der Waals surface area contributed by atoms with Crippen molar-refractivity contribution >= 4 is 0 Å². The first-order valence-corrected chi connectivity index (χ1v) is 8.59. The summed E-state index contributed by atoms with van der Waals surface area (Å²) < 4.78 is 5.89. The minimum atomic E-state index is -0.291. The fraction of sp³-hybridized carbons (Fsp3) is 0.556. The first-order valence-electron chi connectivity index (χ1n) is 8.59. The summed E-state index contributed by atoms with van der Waals surface area (Å²) in [7, 11) is 0. The van der Waals surface area contributed by atoms with Crippen LogP contribution in [0, 0.1) is 0 Å². The van der Waals surface area contributed by atoms with E-state index >= 15 is 0 Å². The minimum Gasteiger partial charge on any atom is -0.419 e. The minimum absolute atomic E-state index is 0.0890. The molecule has 24 heavy (non-hydrogen) atoms. The van der Waals surface area contributed by atoms with Crippen LogP contribution in [0.5, 0.6) is 0 Å². The number of nitrogens with zero attached hydrogens (tertiary/aromatic N) is 4. The third-order valence-electron chi connectivity index (χ3n) is 4.66. The van der Waals surface area contributed by atoms with Crippen LogP contribution >= 0.6 is 0 Å². The van der Waals surface area contributed by atoms with Crippen molar-refractivity contribution in [2.45, 2.75) is 39.0 Å². The van der Waals surface area contributed by atoms with Crippen molar-refractivity contribution < 1.29 is 9.52 Å². The van der Waals surface area contributed by atoms with Gasteiger partial charge in [0.2, 0.25) is 11.8 Å². The monoisotopic (exact) mass is 330 g/mol. The van der Waals surface area contributed by atoms with Gasteiger partial charge in [0.25, 0.3) is 0 Å². The van der Waals surface area contributed by atoms with Crippen LogP contribution in [0.2, 0.25) is 0 Å². The van der Waals surface area contributed by atoms with Gasteiger partial charge < -0.3 is 9.52 Å². The normalized spacial score (nSPS) is 22.4. The SMILES string of the molecule is C[C@H](O)CN1CCN([C@H](C)c2nnc(-c3ccccc3)o2)C[C@@H]1C. The summed E-state index contributed by atoms with van der Waals surface area (Å²) in [6.45, 7) is 9.67. The summed E-state index contributed by atoms with van der Waals surface area (Å²) in [5, 5.41) is 18.0. The number of aliphatic hydroxyl groups is 1. The highest BCUT2D eigenvalue weighted by molar-refractivity contribution is 5.51. The quantitative estimate of drug-likeness (QED) is 0.906. The second-order valence-electron chi connectivity index (χ2n) is 6.68. The van der Waals surface area contributed by atoms with Gasteiger partial charge in [-0.3, -0.25) is 9.80 Å². The molecule has 2 aromatic rings. The lowest BCUT2D eigenvalue weighted by Gasteiger charge is -2.42. The highest BCUT2D eigenvalue weighted by Crippen LogP contribution is 2.25. The first-order chi connectivity index (χ1) is 11.5. The number of rotatable bonds is 5. The Morgan fingerprint density at radius 3 is 2.62 bits per heavy atom. The van der Waals surface area contributed by atoms with Gasteiger partial charge in [-0.05, 0) is 32.9 Å². The zero-order valence-electron chi connectivity index (χ0n) is 14.6. The van der Waals surface area contributed by atoms with Gasteiger partial charge in [-0.25, -0.2) is 0 Å². The van der Waals surface area contributed by atoms with Gasteiger partial charge in [-0.2, -0.15) is 0 Å². The highest BCUT2D eigenvalue weighted by atomic mass is 16.4. The van der Waals surface area contributed by atoms with Gasteiger partial charge in [0.1, 0.15) is 0 Å². The molecule has 6 nitrogen and oxygen atoms in total. The van der Waals surface area contributed by atoms with Crippen molar-refractivity contribution in [2.75, 3.05) is 26.2 Å². The number of hydrogen-bond donors (Lipinski definition) is 1. The Morgan fingerprint density at radius 2 is 1.96 bits per heavy atom. The Balaban J connectivity index is 1.65. The van der Waals surface area contributed by atoms with E-state index in [0.29, 0.717) is 17.8 Å². The zero-order valence-corrected chi connectivity index (χ0v) is 14.6. The average molecular weight is 330 g/mol. The molecule has 0 bridgehead atoms. The number of piperazine rings is 1. The highest BCUT2D eigenvalue weighted by Gasteiger charge is 2.30.